The molecule has 0 saturated carbocycles. The molecule has 0 heterocycles. The highest BCUT2D eigenvalue weighted by Gasteiger charge is 2.19. The van der Waals surface area contributed by atoms with Crippen LogP contribution in [-0.2, 0) is 0 Å². The Morgan fingerprint density at radius 3 is 2.87 bits per heavy atom. The van der Waals surface area contributed by atoms with Crippen molar-refractivity contribution in [2.75, 3.05) is 0 Å². The van der Waals surface area contributed by atoms with Gasteiger partial charge in [-0.05, 0) is 30.9 Å². The van der Waals surface area contributed by atoms with Crippen molar-refractivity contribution < 1.29 is 9.50 Å². The third-order valence-electron chi connectivity index (χ3n) is 2.70. The van der Waals surface area contributed by atoms with E-state index in [0.717, 1.165) is 24.8 Å². The van der Waals surface area contributed by atoms with Gasteiger partial charge >= 0.3 is 0 Å². The zero-order valence-electron chi connectivity index (χ0n) is 8.21. The van der Waals surface area contributed by atoms with E-state index < -0.39 is 11.9 Å². The van der Waals surface area contributed by atoms with Crippen LogP contribution < -0.4 is 0 Å². The summed E-state index contributed by atoms with van der Waals surface area (Å²) in [4.78, 5) is 0. The maximum atomic E-state index is 13.2. The molecule has 1 nitrogen and oxygen atoms in total. The summed E-state index contributed by atoms with van der Waals surface area (Å²) in [6.07, 6.45) is 4.16. The highest BCUT2D eigenvalue weighted by Crippen LogP contribution is 2.34. The summed E-state index contributed by atoms with van der Waals surface area (Å²) in [5.74, 6) is -0.480. The molecule has 1 aromatic carbocycles. The molecule has 1 aromatic rings. The van der Waals surface area contributed by atoms with Crippen LogP contribution in [0.5, 0.6) is 0 Å². The second kappa shape index (κ2) is 4.33. The average Bonchev–Trinajstić information content (AvgIpc) is 2.74. The molecule has 2 rings (SSSR count). The molecular formula is C12H12ClFO. The maximum absolute atomic E-state index is 13.2. The molecule has 1 unspecified atom stereocenters. The molecule has 0 aliphatic heterocycles. The Kier molecular flexibility index (Phi) is 3.08. The number of aliphatic hydroxyl groups is 1. The van der Waals surface area contributed by atoms with E-state index >= 15 is 0 Å². The topological polar surface area (TPSA) is 20.2 Å². The zero-order chi connectivity index (χ0) is 10.8. The third kappa shape index (κ3) is 2.06. The minimum absolute atomic E-state index is 0.0257. The fourth-order valence-electron chi connectivity index (χ4n) is 1.88. The van der Waals surface area contributed by atoms with Gasteiger partial charge in [0.15, 0.2) is 0 Å². The Labute approximate surface area is 93.2 Å². The normalized spacial score (nSPS) is 17.7. The zero-order valence-corrected chi connectivity index (χ0v) is 8.97. The molecular weight excluding hydrogens is 215 g/mol. The molecule has 1 N–H and O–H groups in total. The fraction of sp³-hybridized carbons (Fsp3) is 0.333. The summed E-state index contributed by atoms with van der Waals surface area (Å²) in [5, 5.41) is 10.0. The minimum Gasteiger partial charge on any atom is -0.384 e. The molecule has 80 valence electrons. The van der Waals surface area contributed by atoms with E-state index in [4.69, 9.17) is 11.6 Å². The molecule has 0 radical (unpaired) electrons. The van der Waals surface area contributed by atoms with Crippen LogP contribution in [0.2, 0.25) is 5.02 Å². The van der Waals surface area contributed by atoms with E-state index in [9.17, 15) is 9.50 Å². The van der Waals surface area contributed by atoms with Crippen molar-refractivity contribution in [2.45, 2.75) is 25.4 Å². The van der Waals surface area contributed by atoms with Gasteiger partial charge < -0.3 is 5.11 Å². The average molecular weight is 227 g/mol. The number of hydrogen-bond acceptors (Lipinski definition) is 1. The predicted molar refractivity (Wildman–Crippen MR) is 58.3 cm³/mol. The molecule has 0 bridgehead atoms. The van der Waals surface area contributed by atoms with E-state index in [1.54, 1.807) is 12.1 Å². The summed E-state index contributed by atoms with van der Waals surface area (Å²) >= 11 is 5.80. The van der Waals surface area contributed by atoms with Crippen LogP contribution in [0.3, 0.4) is 0 Å². The summed E-state index contributed by atoms with van der Waals surface area (Å²) in [5.41, 5.74) is 1.41. The number of allylic oxidation sites excluding steroid dienone is 1. The lowest BCUT2D eigenvalue weighted by molar-refractivity contribution is 0.212. The minimum atomic E-state index is -0.754. The van der Waals surface area contributed by atoms with Gasteiger partial charge in [-0.15, -0.1) is 0 Å². The van der Waals surface area contributed by atoms with Crippen molar-refractivity contribution in [2.24, 2.45) is 0 Å². The third-order valence-corrected chi connectivity index (χ3v) is 3.10. The predicted octanol–water partition coefficient (Wildman–Crippen LogP) is 3.62. The van der Waals surface area contributed by atoms with Gasteiger partial charge in [0.1, 0.15) is 11.9 Å². The number of benzene rings is 1. The Morgan fingerprint density at radius 2 is 2.20 bits per heavy atom. The van der Waals surface area contributed by atoms with E-state index in [1.165, 1.54) is 6.07 Å². The molecule has 15 heavy (non-hydrogen) atoms. The summed E-state index contributed by atoms with van der Waals surface area (Å²) in [6, 6.07) is 4.52. The number of rotatable bonds is 2. The van der Waals surface area contributed by atoms with Crippen LogP contribution in [0.15, 0.2) is 29.8 Å². The van der Waals surface area contributed by atoms with Gasteiger partial charge in [0, 0.05) is 5.56 Å². The quantitative estimate of drug-likeness (QED) is 0.764. The van der Waals surface area contributed by atoms with Crippen molar-refractivity contribution in [3.8, 4) is 0 Å². The Morgan fingerprint density at radius 1 is 1.40 bits per heavy atom. The Bertz CT molecular complexity index is 401. The standard InChI is InChI=1S/C12H12ClFO/c13-11-9(6-3-7-10(11)14)12(15)8-4-1-2-5-8/h3-4,6-7,12,15H,1-2,5H2. The lowest BCUT2D eigenvalue weighted by atomic mass is 10.0. The van der Waals surface area contributed by atoms with Crippen LogP contribution >= 0.6 is 11.6 Å². The first-order valence-corrected chi connectivity index (χ1v) is 5.39. The number of aliphatic hydroxyl groups excluding tert-OH is 1. The largest absolute Gasteiger partial charge is 0.384 e. The first-order valence-electron chi connectivity index (χ1n) is 5.01. The van der Waals surface area contributed by atoms with E-state index in [-0.39, 0.29) is 5.02 Å². The molecule has 0 fully saturated rings. The number of hydrogen-bond donors (Lipinski definition) is 1. The van der Waals surface area contributed by atoms with Gasteiger partial charge in [-0.3, -0.25) is 0 Å². The van der Waals surface area contributed by atoms with Crippen molar-refractivity contribution >= 4 is 11.6 Å². The molecule has 1 aliphatic rings. The Hall–Kier alpha value is -0.860. The summed E-state index contributed by atoms with van der Waals surface area (Å²) in [7, 11) is 0. The van der Waals surface area contributed by atoms with Crippen LogP contribution in [0, 0.1) is 5.82 Å². The number of halogens is 2. The first-order chi connectivity index (χ1) is 7.20. The second-order valence-corrected chi connectivity index (χ2v) is 4.09. The molecule has 0 amide bonds. The smallest absolute Gasteiger partial charge is 0.142 e. The molecule has 3 heteroatoms. The van der Waals surface area contributed by atoms with Crippen molar-refractivity contribution in [3.05, 3.63) is 46.3 Å². The van der Waals surface area contributed by atoms with Gasteiger partial charge in [-0.2, -0.15) is 0 Å². The molecule has 0 spiro atoms. The van der Waals surface area contributed by atoms with Crippen molar-refractivity contribution in [1.82, 2.24) is 0 Å². The van der Waals surface area contributed by atoms with Crippen LogP contribution in [-0.4, -0.2) is 5.11 Å². The second-order valence-electron chi connectivity index (χ2n) is 3.72. The summed E-state index contributed by atoms with van der Waals surface area (Å²) in [6.45, 7) is 0. The van der Waals surface area contributed by atoms with E-state index in [2.05, 4.69) is 0 Å². The van der Waals surface area contributed by atoms with E-state index in [0.29, 0.717) is 5.56 Å². The SMILES string of the molecule is OC(C1=CCCC1)c1cccc(F)c1Cl. The van der Waals surface area contributed by atoms with Gasteiger partial charge in [0.05, 0.1) is 5.02 Å². The molecule has 1 atom stereocenters. The molecule has 0 saturated heterocycles. The van der Waals surface area contributed by atoms with Gasteiger partial charge in [-0.1, -0.05) is 29.8 Å². The highest BCUT2D eigenvalue weighted by molar-refractivity contribution is 6.31. The van der Waals surface area contributed by atoms with Crippen LogP contribution in [0.1, 0.15) is 30.9 Å². The maximum Gasteiger partial charge on any atom is 0.142 e. The van der Waals surface area contributed by atoms with Crippen LogP contribution in [0.25, 0.3) is 0 Å². The monoisotopic (exact) mass is 226 g/mol. The molecule has 0 aromatic heterocycles. The summed E-state index contributed by atoms with van der Waals surface area (Å²) < 4.78 is 13.2. The van der Waals surface area contributed by atoms with Gasteiger partial charge in [0.2, 0.25) is 0 Å². The van der Waals surface area contributed by atoms with Gasteiger partial charge in [0.25, 0.3) is 0 Å². The van der Waals surface area contributed by atoms with Crippen LogP contribution in [0.4, 0.5) is 4.39 Å². The van der Waals surface area contributed by atoms with Gasteiger partial charge in [-0.25, -0.2) is 4.39 Å². The fourth-order valence-corrected chi connectivity index (χ4v) is 2.10. The van der Waals surface area contributed by atoms with Crippen molar-refractivity contribution in [3.63, 3.8) is 0 Å². The highest BCUT2D eigenvalue weighted by atomic mass is 35.5. The van der Waals surface area contributed by atoms with Crippen molar-refractivity contribution in [1.29, 1.82) is 0 Å². The Balaban J connectivity index is 2.32. The van der Waals surface area contributed by atoms with E-state index in [1.807, 2.05) is 6.08 Å². The lowest BCUT2D eigenvalue weighted by Crippen LogP contribution is -2.01. The lowest BCUT2D eigenvalue weighted by Gasteiger charge is -2.14. The molecule has 1 aliphatic carbocycles. The first kappa shape index (κ1) is 10.7.